The molecule has 0 spiro atoms. The molecule has 0 nitrogen and oxygen atoms in total. The van der Waals surface area contributed by atoms with E-state index in [9.17, 15) is 0 Å². The molecule has 0 radical (unpaired) electrons. The summed E-state index contributed by atoms with van der Waals surface area (Å²) < 4.78 is 5.54. The van der Waals surface area contributed by atoms with Crippen molar-refractivity contribution in [1.29, 1.82) is 0 Å². The van der Waals surface area contributed by atoms with Crippen LogP contribution >= 0.6 is 22.7 Å². The summed E-state index contributed by atoms with van der Waals surface area (Å²) in [6, 6.07) is 53.5. The molecule has 196 valence electrons. The van der Waals surface area contributed by atoms with Crippen molar-refractivity contribution in [3.63, 3.8) is 0 Å². The van der Waals surface area contributed by atoms with E-state index in [1.54, 1.807) is 0 Å². The number of thiophene rings is 2. The molecule has 9 aromatic rings. The third-order valence-electron chi connectivity index (χ3n) is 8.47. The first-order valence-electron chi connectivity index (χ1n) is 14.3. The Labute approximate surface area is 251 Å². The lowest BCUT2D eigenvalue weighted by atomic mass is 9.85. The van der Waals surface area contributed by atoms with Crippen LogP contribution in [-0.2, 0) is 0 Å². The first kappa shape index (κ1) is 23.9. The van der Waals surface area contributed by atoms with Crippen LogP contribution in [-0.4, -0.2) is 0 Å². The molecular weight excluding hydrogens is 545 g/mol. The summed E-state index contributed by atoms with van der Waals surface area (Å²) in [6.07, 6.45) is 0. The molecule has 7 aromatic carbocycles. The van der Waals surface area contributed by atoms with Gasteiger partial charge < -0.3 is 0 Å². The summed E-state index contributed by atoms with van der Waals surface area (Å²) in [6.45, 7) is 0. The van der Waals surface area contributed by atoms with Crippen LogP contribution in [0.3, 0.4) is 0 Å². The van der Waals surface area contributed by atoms with Crippen LogP contribution in [0.25, 0.3) is 84.5 Å². The van der Waals surface area contributed by atoms with Gasteiger partial charge in [0.2, 0.25) is 0 Å². The lowest BCUT2D eigenvalue weighted by molar-refractivity contribution is 1.61. The highest BCUT2D eigenvalue weighted by Gasteiger charge is 2.18. The van der Waals surface area contributed by atoms with Crippen LogP contribution in [0, 0.1) is 0 Å². The topological polar surface area (TPSA) is 0 Å². The summed E-state index contributed by atoms with van der Waals surface area (Å²) in [5.41, 5.74) is 7.61. The van der Waals surface area contributed by atoms with Gasteiger partial charge in [-0.3, -0.25) is 0 Å². The maximum Gasteiger partial charge on any atom is 0.0542 e. The Morgan fingerprint density at radius 3 is 1.43 bits per heavy atom. The van der Waals surface area contributed by atoms with E-state index < -0.39 is 0 Å². The van der Waals surface area contributed by atoms with E-state index in [1.807, 2.05) is 22.7 Å². The third kappa shape index (κ3) is 3.59. The molecule has 0 amide bonds. The molecule has 0 unspecified atom stereocenters. The predicted octanol–water partition coefficient (Wildman–Crippen LogP) is 12.6. The van der Waals surface area contributed by atoms with Gasteiger partial charge in [0, 0.05) is 20.2 Å². The van der Waals surface area contributed by atoms with Crippen molar-refractivity contribution in [3.05, 3.63) is 146 Å². The fraction of sp³-hybridized carbons (Fsp3) is 0. The van der Waals surface area contributed by atoms with Crippen LogP contribution < -0.4 is 0 Å². The summed E-state index contributed by atoms with van der Waals surface area (Å²) in [4.78, 5) is 0. The molecule has 2 heteroatoms. The van der Waals surface area contributed by atoms with Crippen LogP contribution in [0.4, 0.5) is 0 Å². The average Bonchev–Trinajstić information content (AvgIpc) is 3.60. The molecule has 9 rings (SSSR count). The fourth-order valence-corrected chi connectivity index (χ4v) is 9.29. The average molecular weight is 569 g/mol. The van der Waals surface area contributed by atoms with E-state index in [4.69, 9.17) is 0 Å². The van der Waals surface area contributed by atoms with Gasteiger partial charge in [0.15, 0.2) is 0 Å². The second kappa shape index (κ2) is 9.39. The van der Waals surface area contributed by atoms with Crippen molar-refractivity contribution < 1.29 is 0 Å². The summed E-state index contributed by atoms with van der Waals surface area (Å²) >= 11 is 3.84. The monoisotopic (exact) mass is 568 g/mol. The number of benzene rings is 7. The van der Waals surface area contributed by atoms with Gasteiger partial charge in [-0.2, -0.15) is 0 Å². The Hall–Kier alpha value is -4.76. The Balaban J connectivity index is 1.31. The normalized spacial score (nSPS) is 11.8. The second-order valence-corrected chi connectivity index (χ2v) is 13.0. The van der Waals surface area contributed by atoms with E-state index in [0.717, 1.165) is 0 Å². The third-order valence-corrected chi connectivity index (χ3v) is 11.0. The molecule has 2 aromatic heterocycles. The number of hydrogen-bond donors (Lipinski definition) is 0. The minimum Gasteiger partial charge on any atom is -0.134 e. The summed E-state index contributed by atoms with van der Waals surface area (Å²) in [7, 11) is 0. The van der Waals surface area contributed by atoms with E-state index in [0.29, 0.717) is 0 Å². The molecular formula is C40H24S2. The minimum absolute atomic E-state index is 1.24. The Bertz CT molecular complexity index is 2400. The van der Waals surface area contributed by atoms with Crippen molar-refractivity contribution in [2.45, 2.75) is 0 Å². The van der Waals surface area contributed by atoms with Gasteiger partial charge >= 0.3 is 0 Å². The first-order valence-corrected chi connectivity index (χ1v) is 15.9. The van der Waals surface area contributed by atoms with E-state index in [2.05, 4.69) is 146 Å². The number of hydrogen-bond acceptors (Lipinski definition) is 2. The Morgan fingerprint density at radius 1 is 0.286 bits per heavy atom. The zero-order chi connectivity index (χ0) is 27.6. The number of fused-ring (bicyclic) bond motifs is 7. The Kier molecular flexibility index (Phi) is 5.34. The molecule has 0 atom stereocenters. The van der Waals surface area contributed by atoms with Crippen molar-refractivity contribution in [1.82, 2.24) is 0 Å². The van der Waals surface area contributed by atoms with Gasteiger partial charge in [-0.25, -0.2) is 0 Å². The zero-order valence-corrected chi connectivity index (χ0v) is 24.3. The quantitative estimate of drug-likeness (QED) is 0.186. The van der Waals surface area contributed by atoms with Crippen molar-refractivity contribution >= 4 is 73.8 Å². The number of rotatable bonds is 3. The predicted molar refractivity (Wildman–Crippen MR) is 186 cm³/mol. The summed E-state index contributed by atoms with van der Waals surface area (Å²) in [5.74, 6) is 0. The maximum atomic E-state index is 2.42. The molecule has 0 saturated heterocycles. The van der Waals surface area contributed by atoms with Gasteiger partial charge in [0.1, 0.15) is 0 Å². The van der Waals surface area contributed by atoms with Gasteiger partial charge in [-0.15, -0.1) is 22.7 Å². The van der Waals surface area contributed by atoms with Crippen LogP contribution in [0.1, 0.15) is 0 Å². The van der Waals surface area contributed by atoms with Crippen molar-refractivity contribution in [3.8, 4) is 33.4 Å². The van der Waals surface area contributed by atoms with Crippen molar-refractivity contribution in [2.75, 3.05) is 0 Å². The zero-order valence-electron chi connectivity index (χ0n) is 22.7. The van der Waals surface area contributed by atoms with Gasteiger partial charge in [-0.1, -0.05) is 127 Å². The van der Waals surface area contributed by atoms with Crippen molar-refractivity contribution in [2.24, 2.45) is 0 Å². The van der Waals surface area contributed by atoms with E-state index in [-0.39, 0.29) is 0 Å². The lowest BCUT2D eigenvalue weighted by Gasteiger charge is -2.18. The van der Waals surface area contributed by atoms with Crippen LogP contribution in [0.15, 0.2) is 146 Å². The molecule has 0 aliphatic carbocycles. The van der Waals surface area contributed by atoms with Crippen LogP contribution in [0.5, 0.6) is 0 Å². The first-order chi connectivity index (χ1) is 20.8. The highest BCUT2D eigenvalue weighted by atomic mass is 32.1. The van der Waals surface area contributed by atoms with E-state index >= 15 is 0 Å². The summed E-state index contributed by atoms with van der Waals surface area (Å²) in [5, 5.41) is 7.89. The fourth-order valence-electron chi connectivity index (χ4n) is 6.60. The van der Waals surface area contributed by atoms with E-state index in [1.165, 1.54) is 84.5 Å². The smallest absolute Gasteiger partial charge is 0.0542 e. The highest BCUT2D eigenvalue weighted by molar-refractivity contribution is 7.36. The maximum absolute atomic E-state index is 2.42. The van der Waals surface area contributed by atoms with Gasteiger partial charge in [0.25, 0.3) is 0 Å². The SMILES string of the molecule is c1ccc(-c2cccc(-c3c4ccccc4c(-c4ccc5c(c4)sc4c6ccccc6sc54)c4ccccc34)c2)cc1. The molecule has 0 aliphatic heterocycles. The van der Waals surface area contributed by atoms with Gasteiger partial charge in [-0.05, 0) is 73.1 Å². The Morgan fingerprint density at radius 2 is 0.762 bits per heavy atom. The second-order valence-electron chi connectivity index (χ2n) is 10.9. The molecule has 0 bridgehead atoms. The minimum atomic E-state index is 1.24. The largest absolute Gasteiger partial charge is 0.134 e. The van der Waals surface area contributed by atoms with Crippen LogP contribution in [0.2, 0.25) is 0 Å². The van der Waals surface area contributed by atoms with Gasteiger partial charge in [0.05, 0.1) is 9.40 Å². The molecule has 0 aliphatic rings. The lowest BCUT2D eigenvalue weighted by Crippen LogP contribution is -1.91. The standard InChI is InChI=1S/C40H24S2/c1-2-11-25(12-3-1)26-13-10-14-27(23-26)37-29-15-4-6-17-31(29)38(32-18-7-5-16-30(32)37)28-21-22-34-36(24-28)42-39-33-19-8-9-20-35(33)41-40(34)39/h1-24H. The molecule has 0 fully saturated rings. The molecule has 0 saturated carbocycles. The highest BCUT2D eigenvalue weighted by Crippen LogP contribution is 2.48. The molecule has 0 N–H and O–H groups in total. The molecule has 42 heavy (non-hydrogen) atoms. The molecule has 2 heterocycles.